The second kappa shape index (κ2) is 6.70. The Labute approximate surface area is 143 Å². The minimum Gasteiger partial charge on any atom is -0.490 e. The van der Waals surface area contributed by atoms with Crippen LogP contribution < -0.4 is 15.0 Å². The summed E-state index contributed by atoms with van der Waals surface area (Å²) in [7, 11) is 0. The number of hydrogen-bond acceptors (Lipinski definition) is 6. The summed E-state index contributed by atoms with van der Waals surface area (Å²) in [6.07, 6.45) is 3.43. The number of rotatable bonds is 4. The Bertz CT molecular complexity index is 826. The molecule has 1 aliphatic heterocycles. The van der Waals surface area contributed by atoms with Crippen LogP contribution in [0.5, 0.6) is 5.75 Å². The number of thiazole rings is 1. The third kappa shape index (κ3) is 3.18. The molecule has 1 saturated heterocycles. The molecule has 0 bridgehead atoms. The molecule has 1 unspecified atom stereocenters. The van der Waals surface area contributed by atoms with Crippen LogP contribution in [-0.4, -0.2) is 42.3 Å². The van der Waals surface area contributed by atoms with E-state index >= 15 is 0 Å². The predicted octanol–water partition coefficient (Wildman–Crippen LogP) is 2.69. The number of anilines is 1. The third-order valence-corrected chi connectivity index (χ3v) is 5.08. The van der Waals surface area contributed by atoms with Gasteiger partial charge in [0.2, 0.25) is 0 Å². The molecule has 24 heavy (non-hydrogen) atoms. The van der Waals surface area contributed by atoms with Crippen molar-refractivity contribution in [2.75, 3.05) is 31.1 Å². The molecular formula is C17H17FN4OS. The number of nitrogens with one attached hydrogen (secondary N) is 1. The minimum atomic E-state index is -0.254. The van der Waals surface area contributed by atoms with Gasteiger partial charge in [-0.1, -0.05) is 11.3 Å². The molecule has 0 aliphatic carbocycles. The van der Waals surface area contributed by atoms with Crippen molar-refractivity contribution in [3.63, 3.8) is 0 Å². The summed E-state index contributed by atoms with van der Waals surface area (Å²) in [5.41, 5.74) is 0.709. The number of ether oxygens (including phenoxy) is 1. The van der Waals surface area contributed by atoms with Gasteiger partial charge in [0, 0.05) is 31.9 Å². The van der Waals surface area contributed by atoms with Gasteiger partial charge in [-0.15, -0.1) is 0 Å². The number of piperazine rings is 1. The molecule has 2 aromatic heterocycles. The van der Waals surface area contributed by atoms with Crippen LogP contribution in [0.3, 0.4) is 0 Å². The van der Waals surface area contributed by atoms with E-state index in [-0.39, 0.29) is 11.9 Å². The lowest BCUT2D eigenvalue weighted by Crippen LogP contribution is -2.54. The number of hydrogen-bond donors (Lipinski definition) is 1. The van der Waals surface area contributed by atoms with Crippen molar-refractivity contribution >= 4 is 26.7 Å². The van der Waals surface area contributed by atoms with Crippen molar-refractivity contribution in [3.05, 3.63) is 48.5 Å². The summed E-state index contributed by atoms with van der Waals surface area (Å²) in [6, 6.07) is 8.67. The van der Waals surface area contributed by atoms with Gasteiger partial charge in [-0.05, 0) is 24.3 Å². The SMILES string of the molecule is Fc1ccc2sc(N3CCNCC3COc3cccnc3)nc2c1. The van der Waals surface area contributed by atoms with Crippen molar-refractivity contribution in [2.24, 2.45) is 0 Å². The first-order valence-corrected chi connectivity index (χ1v) is 8.67. The molecule has 0 spiro atoms. The zero-order valence-electron chi connectivity index (χ0n) is 13.0. The van der Waals surface area contributed by atoms with Crippen molar-refractivity contribution in [2.45, 2.75) is 6.04 Å². The maximum atomic E-state index is 13.4. The molecule has 0 radical (unpaired) electrons. The van der Waals surface area contributed by atoms with Crippen LogP contribution in [-0.2, 0) is 0 Å². The van der Waals surface area contributed by atoms with Gasteiger partial charge >= 0.3 is 0 Å². The number of pyridine rings is 1. The largest absolute Gasteiger partial charge is 0.490 e. The lowest BCUT2D eigenvalue weighted by Gasteiger charge is -2.35. The van der Waals surface area contributed by atoms with Crippen molar-refractivity contribution in [1.82, 2.24) is 15.3 Å². The normalized spacial score (nSPS) is 18.0. The summed E-state index contributed by atoms with van der Waals surface area (Å²) in [5.74, 6) is 0.505. The Morgan fingerprint density at radius 1 is 1.38 bits per heavy atom. The second-order valence-electron chi connectivity index (χ2n) is 5.66. The van der Waals surface area contributed by atoms with Gasteiger partial charge in [0.1, 0.15) is 18.2 Å². The molecule has 124 valence electrons. The van der Waals surface area contributed by atoms with E-state index in [1.165, 1.54) is 12.1 Å². The number of fused-ring (bicyclic) bond motifs is 1. The van der Waals surface area contributed by atoms with Crippen LogP contribution in [0.15, 0.2) is 42.7 Å². The van der Waals surface area contributed by atoms with Crippen LogP contribution in [0.1, 0.15) is 0 Å². The number of nitrogens with zero attached hydrogens (tertiary/aromatic N) is 3. The summed E-state index contributed by atoms with van der Waals surface area (Å²) >= 11 is 1.59. The Morgan fingerprint density at radius 2 is 2.33 bits per heavy atom. The van der Waals surface area contributed by atoms with E-state index in [0.29, 0.717) is 12.1 Å². The van der Waals surface area contributed by atoms with Crippen LogP contribution >= 0.6 is 11.3 Å². The van der Waals surface area contributed by atoms with Crippen LogP contribution in [0, 0.1) is 5.82 Å². The predicted molar refractivity (Wildman–Crippen MR) is 93.3 cm³/mol. The van der Waals surface area contributed by atoms with Crippen molar-refractivity contribution in [3.8, 4) is 5.75 Å². The quantitative estimate of drug-likeness (QED) is 0.789. The highest BCUT2D eigenvalue weighted by Gasteiger charge is 2.25. The van der Waals surface area contributed by atoms with E-state index < -0.39 is 0 Å². The second-order valence-corrected chi connectivity index (χ2v) is 6.67. The average Bonchev–Trinajstić information content (AvgIpc) is 3.04. The molecular weight excluding hydrogens is 327 g/mol. The minimum absolute atomic E-state index is 0.171. The molecule has 1 aliphatic rings. The highest BCUT2D eigenvalue weighted by atomic mass is 32.1. The van der Waals surface area contributed by atoms with Crippen molar-refractivity contribution < 1.29 is 9.13 Å². The van der Waals surface area contributed by atoms with Crippen LogP contribution in [0.25, 0.3) is 10.2 Å². The molecule has 1 N–H and O–H groups in total. The lowest BCUT2D eigenvalue weighted by molar-refractivity contribution is 0.266. The van der Waals surface area contributed by atoms with Crippen LogP contribution in [0.4, 0.5) is 9.52 Å². The fraction of sp³-hybridized carbons (Fsp3) is 0.294. The average molecular weight is 344 g/mol. The monoisotopic (exact) mass is 344 g/mol. The van der Waals surface area contributed by atoms with Gasteiger partial charge in [-0.2, -0.15) is 0 Å². The first-order chi connectivity index (χ1) is 11.8. The van der Waals surface area contributed by atoms with Gasteiger partial charge in [-0.3, -0.25) is 4.98 Å². The zero-order valence-corrected chi connectivity index (χ0v) is 13.8. The smallest absolute Gasteiger partial charge is 0.186 e. The van der Waals surface area contributed by atoms with Gasteiger partial charge < -0.3 is 15.0 Å². The maximum Gasteiger partial charge on any atom is 0.186 e. The highest BCUT2D eigenvalue weighted by molar-refractivity contribution is 7.22. The van der Waals surface area contributed by atoms with Gasteiger partial charge in [0.15, 0.2) is 5.13 Å². The van der Waals surface area contributed by atoms with Gasteiger partial charge in [-0.25, -0.2) is 9.37 Å². The van der Waals surface area contributed by atoms with E-state index in [4.69, 9.17) is 4.74 Å². The third-order valence-electron chi connectivity index (χ3n) is 4.01. The van der Waals surface area contributed by atoms with E-state index in [2.05, 4.69) is 20.2 Å². The molecule has 1 fully saturated rings. The Balaban J connectivity index is 1.54. The standard InChI is InChI=1S/C17H17FN4OS/c18-12-3-4-16-15(8-12)21-17(24-16)22-7-6-20-9-13(22)11-23-14-2-1-5-19-10-14/h1-5,8,10,13,20H,6-7,9,11H2. The topological polar surface area (TPSA) is 50.3 Å². The van der Waals surface area contributed by atoms with Crippen molar-refractivity contribution in [1.29, 1.82) is 0 Å². The Hall–Kier alpha value is -2.25. The molecule has 0 amide bonds. The Kier molecular flexibility index (Phi) is 4.27. The molecule has 4 rings (SSSR count). The summed E-state index contributed by atoms with van der Waals surface area (Å²) in [6.45, 7) is 3.12. The van der Waals surface area contributed by atoms with E-state index in [9.17, 15) is 4.39 Å². The van der Waals surface area contributed by atoms with Crippen LogP contribution in [0.2, 0.25) is 0 Å². The summed E-state index contributed by atoms with van der Waals surface area (Å²) in [4.78, 5) is 10.9. The van der Waals surface area contributed by atoms with Gasteiger partial charge in [0.05, 0.1) is 22.5 Å². The van der Waals surface area contributed by atoms with E-state index in [1.807, 2.05) is 12.1 Å². The maximum absolute atomic E-state index is 13.4. The molecule has 0 saturated carbocycles. The zero-order chi connectivity index (χ0) is 16.4. The first kappa shape index (κ1) is 15.3. The summed E-state index contributed by atoms with van der Waals surface area (Å²) in [5, 5.41) is 4.31. The summed E-state index contributed by atoms with van der Waals surface area (Å²) < 4.78 is 20.2. The molecule has 3 heterocycles. The number of aromatic nitrogens is 2. The molecule has 1 atom stereocenters. The van der Waals surface area contributed by atoms with E-state index in [0.717, 1.165) is 35.2 Å². The Morgan fingerprint density at radius 3 is 3.21 bits per heavy atom. The fourth-order valence-corrected chi connectivity index (χ4v) is 3.84. The molecule has 1 aromatic carbocycles. The number of benzene rings is 1. The molecule has 3 aromatic rings. The number of halogens is 1. The molecule has 5 nitrogen and oxygen atoms in total. The van der Waals surface area contributed by atoms with E-state index in [1.54, 1.807) is 29.8 Å². The first-order valence-electron chi connectivity index (χ1n) is 7.86. The lowest BCUT2D eigenvalue weighted by atomic mass is 10.2. The highest BCUT2D eigenvalue weighted by Crippen LogP contribution is 2.30. The molecule has 7 heteroatoms. The fourth-order valence-electron chi connectivity index (χ4n) is 2.80. The van der Waals surface area contributed by atoms with Gasteiger partial charge in [0.25, 0.3) is 0 Å².